The van der Waals surface area contributed by atoms with Gasteiger partial charge in [0.05, 0.1) is 5.92 Å². The molecule has 2 atom stereocenters. The minimum atomic E-state index is -0.555. The van der Waals surface area contributed by atoms with Crippen LogP contribution in [-0.4, -0.2) is 35.1 Å². The Morgan fingerprint density at radius 2 is 1.71 bits per heavy atom. The highest BCUT2D eigenvalue weighted by atomic mass is 16.4. The van der Waals surface area contributed by atoms with Crippen molar-refractivity contribution in [1.82, 2.24) is 4.90 Å². The standard InChI is InChI=1S/C14H23NO2/c16-14(17)13-9-15(8-12(13)10-6-7-10)11-4-2-1-3-5-11/h10-13H,1-9H2,(H,16,17)/t12-,13+/m0/s1. The van der Waals surface area contributed by atoms with E-state index in [4.69, 9.17) is 0 Å². The van der Waals surface area contributed by atoms with Crippen molar-refractivity contribution in [3.63, 3.8) is 0 Å². The lowest BCUT2D eigenvalue weighted by atomic mass is 9.92. The summed E-state index contributed by atoms with van der Waals surface area (Å²) in [6.07, 6.45) is 9.19. The number of hydrogen-bond donors (Lipinski definition) is 1. The highest BCUT2D eigenvalue weighted by Crippen LogP contribution is 2.45. The molecule has 3 fully saturated rings. The first kappa shape index (κ1) is 11.5. The monoisotopic (exact) mass is 237 g/mol. The maximum atomic E-state index is 11.3. The second-order valence-corrected chi connectivity index (χ2v) is 6.19. The number of hydrogen-bond acceptors (Lipinski definition) is 2. The lowest BCUT2D eigenvalue weighted by Crippen LogP contribution is -2.35. The molecule has 0 bridgehead atoms. The van der Waals surface area contributed by atoms with Crippen LogP contribution in [0, 0.1) is 17.8 Å². The normalized spacial score (nSPS) is 36.2. The van der Waals surface area contributed by atoms with E-state index in [9.17, 15) is 9.90 Å². The van der Waals surface area contributed by atoms with Crippen molar-refractivity contribution in [2.75, 3.05) is 13.1 Å². The lowest BCUT2D eigenvalue weighted by molar-refractivity contribution is -0.142. The van der Waals surface area contributed by atoms with Crippen LogP contribution in [0.5, 0.6) is 0 Å². The molecule has 3 rings (SSSR count). The molecule has 3 heteroatoms. The van der Waals surface area contributed by atoms with Gasteiger partial charge in [-0.25, -0.2) is 0 Å². The zero-order chi connectivity index (χ0) is 11.8. The summed E-state index contributed by atoms with van der Waals surface area (Å²) in [6.45, 7) is 1.88. The van der Waals surface area contributed by atoms with Crippen molar-refractivity contribution in [3.8, 4) is 0 Å². The van der Waals surface area contributed by atoms with Crippen LogP contribution in [0.4, 0.5) is 0 Å². The van der Waals surface area contributed by atoms with Crippen molar-refractivity contribution >= 4 is 5.97 Å². The van der Waals surface area contributed by atoms with Crippen molar-refractivity contribution in [2.24, 2.45) is 17.8 Å². The van der Waals surface area contributed by atoms with Gasteiger partial charge in [-0.05, 0) is 37.5 Å². The van der Waals surface area contributed by atoms with Crippen molar-refractivity contribution < 1.29 is 9.90 Å². The van der Waals surface area contributed by atoms with Crippen LogP contribution in [0.2, 0.25) is 0 Å². The minimum absolute atomic E-state index is 0.0792. The summed E-state index contributed by atoms with van der Waals surface area (Å²) in [5.41, 5.74) is 0. The fourth-order valence-electron chi connectivity index (χ4n) is 3.87. The molecule has 17 heavy (non-hydrogen) atoms. The van der Waals surface area contributed by atoms with E-state index < -0.39 is 5.97 Å². The Morgan fingerprint density at radius 3 is 2.29 bits per heavy atom. The number of nitrogens with zero attached hydrogens (tertiary/aromatic N) is 1. The molecule has 1 saturated heterocycles. The van der Waals surface area contributed by atoms with Gasteiger partial charge in [-0.3, -0.25) is 9.69 Å². The Bertz CT molecular complexity index is 295. The quantitative estimate of drug-likeness (QED) is 0.819. The van der Waals surface area contributed by atoms with Gasteiger partial charge in [0.15, 0.2) is 0 Å². The Morgan fingerprint density at radius 1 is 1.00 bits per heavy atom. The van der Waals surface area contributed by atoms with E-state index in [1.807, 2.05) is 0 Å². The largest absolute Gasteiger partial charge is 0.481 e. The predicted molar refractivity (Wildman–Crippen MR) is 65.8 cm³/mol. The number of aliphatic carboxylic acids is 1. The first-order valence-electron chi connectivity index (χ1n) is 7.22. The minimum Gasteiger partial charge on any atom is -0.481 e. The van der Waals surface area contributed by atoms with Crippen LogP contribution in [-0.2, 0) is 4.79 Å². The summed E-state index contributed by atoms with van der Waals surface area (Å²) in [6, 6.07) is 0.689. The zero-order valence-electron chi connectivity index (χ0n) is 10.5. The summed E-state index contributed by atoms with van der Waals surface area (Å²) < 4.78 is 0. The van der Waals surface area contributed by atoms with Crippen molar-refractivity contribution in [3.05, 3.63) is 0 Å². The molecule has 0 amide bonds. The molecular formula is C14H23NO2. The maximum Gasteiger partial charge on any atom is 0.308 e. The van der Waals surface area contributed by atoms with Gasteiger partial charge in [0.2, 0.25) is 0 Å². The van der Waals surface area contributed by atoms with E-state index >= 15 is 0 Å². The Kier molecular flexibility index (Phi) is 3.12. The van der Waals surface area contributed by atoms with E-state index in [1.54, 1.807) is 0 Å². The molecule has 0 spiro atoms. The van der Waals surface area contributed by atoms with Crippen LogP contribution < -0.4 is 0 Å². The fourth-order valence-corrected chi connectivity index (χ4v) is 3.87. The molecule has 0 radical (unpaired) electrons. The summed E-state index contributed by atoms with van der Waals surface area (Å²) in [5, 5.41) is 9.35. The smallest absolute Gasteiger partial charge is 0.308 e. The van der Waals surface area contributed by atoms with Gasteiger partial charge >= 0.3 is 5.97 Å². The molecule has 0 unspecified atom stereocenters. The molecule has 0 aromatic carbocycles. The lowest BCUT2D eigenvalue weighted by Gasteiger charge is -2.31. The first-order valence-corrected chi connectivity index (χ1v) is 7.22. The zero-order valence-corrected chi connectivity index (χ0v) is 10.5. The van der Waals surface area contributed by atoms with Crippen LogP contribution >= 0.6 is 0 Å². The second-order valence-electron chi connectivity index (χ2n) is 6.19. The SMILES string of the molecule is O=C(O)[C@@H]1CN(C2CCCCC2)C[C@H]1C1CC1. The van der Waals surface area contributed by atoms with Gasteiger partial charge in [0, 0.05) is 19.1 Å². The summed E-state index contributed by atoms with van der Waals surface area (Å²) in [4.78, 5) is 13.8. The van der Waals surface area contributed by atoms with Crippen LogP contribution in [0.1, 0.15) is 44.9 Å². The third-order valence-corrected chi connectivity index (χ3v) is 5.03. The van der Waals surface area contributed by atoms with Crippen LogP contribution in [0.25, 0.3) is 0 Å². The predicted octanol–water partition coefficient (Wildman–Crippen LogP) is 2.36. The molecule has 0 aromatic rings. The molecule has 1 heterocycles. The molecule has 3 aliphatic rings. The van der Waals surface area contributed by atoms with E-state index in [2.05, 4.69) is 4.90 Å². The van der Waals surface area contributed by atoms with Crippen LogP contribution in [0.15, 0.2) is 0 Å². The topological polar surface area (TPSA) is 40.5 Å². The second kappa shape index (κ2) is 4.60. The van der Waals surface area contributed by atoms with E-state index in [0.29, 0.717) is 12.0 Å². The number of carbonyl (C=O) groups is 1. The molecule has 2 aliphatic carbocycles. The number of carboxylic acid groups (broad SMARTS) is 1. The molecule has 2 saturated carbocycles. The molecule has 1 aliphatic heterocycles. The summed E-state index contributed by atoms with van der Waals surface area (Å²) in [7, 11) is 0. The molecule has 0 aromatic heterocycles. The average molecular weight is 237 g/mol. The Balaban J connectivity index is 1.65. The van der Waals surface area contributed by atoms with Crippen molar-refractivity contribution in [2.45, 2.75) is 51.0 Å². The van der Waals surface area contributed by atoms with Crippen molar-refractivity contribution in [1.29, 1.82) is 0 Å². The highest BCUT2D eigenvalue weighted by molar-refractivity contribution is 5.71. The van der Waals surface area contributed by atoms with Gasteiger partial charge < -0.3 is 5.11 Å². The van der Waals surface area contributed by atoms with Gasteiger partial charge in [0.25, 0.3) is 0 Å². The van der Waals surface area contributed by atoms with Gasteiger partial charge in [-0.15, -0.1) is 0 Å². The average Bonchev–Trinajstić information content (AvgIpc) is 3.09. The van der Waals surface area contributed by atoms with E-state index in [1.165, 1.54) is 44.9 Å². The third-order valence-electron chi connectivity index (χ3n) is 5.03. The Hall–Kier alpha value is -0.570. The first-order chi connectivity index (χ1) is 8.25. The third kappa shape index (κ3) is 2.35. The molecule has 3 nitrogen and oxygen atoms in total. The van der Waals surface area contributed by atoms with Gasteiger partial charge in [-0.1, -0.05) is 19.3 Å². The van der Waals surface area contributed by atoms with Gasteiger partial charge in [-0.2, -0.15) is 0 Å². The highest BCUT2D eigenvalue weighted by Gasteiger charge is 2.46. The summed E-state index contributed by atoms with van der Waals surface area (Å²) in [5.74, 6) is 0.545. The summed E-state index contributed by atoms with van der Waals surface area (Å²) >= 11 is 0. The molecule has 1 N–H and O–H groups in total. The van der Waals surface area contributed by atoms with Gasteiger partial charge in [0.1, 0.15) is 0 Å². The molecule has 96 valence electrons. The Labute approximate surface area is 103 Å². The van der Waals surface area contributed by atoms with E-state index in [-0.39, 0.29) is 5.92 Å². The number of carboxylic acids is 1. The number of likely N-dealkylation sites (tertiary alicyclic amines) is 1. The fraction of sp³-hybridized carbons (Fsp3) is 0.929. The number of rotatable bonds is 3. The maximum absolute atomic E-state index is 11.3. The van der Waals surface area contributed by atoms with Crippen LogP contribution in [0.3, 0.4) is 0 Å². The molecular weight excluding hydrogens is 214 g/mol. The van der Waals surface area contributed by atoms with E-state index in [0.717, 1.165) is 19.0 Å².